The van der Waals surface area contributed by atoms with E-state index in [1.807, 2.05) is 18.9 Å². The van der Waals surface area contributed by atoms with Gasteiger partial charge in [0.15, 0.2) is 0 Å². The molecule has 0 unspecified atom stereocenters. The van der Waals surface area contributed by atoms with E-state index >= 15 is 0 Å². The van der Waals surface area contributed by atoms with Crippen molar-refractivity contribution >= 4 is 5.91 Å². The average Bonchev–Trinajstić information content (AvgIpc) is 3.19. The first-order chi connectivity index (χ1) is 8.58. The molecule has 0 radical (unpaired) electrons. The van der Waals surface area contributed by atoms with Gasteiger partial charge >= 0.3 is 0 Å². The Morgan fingerprint density at radius 2 is 2.06 bits per heavy atom. The molecule has 0 aromatic heterocycles. The van der Waals surface area contributed by atoms with E-state index in [1.54, 1.807) is 12.1 Å². The zero-order valence-corrected chi connectivity index (χ0v) is 10.8. The lowest BCUT2D eigenvalue weighted by atomic mass is 10.1. The van der Waals surface area contributed by atoms with Gasteiger partial charge in [-0.2, -0.15) is 0 Å². The van der Waals surface area contributed by atoms with Gasteiger partial charge in [-0.25, -0.2) is 4.39 Å². The Labute approximate surface area is 107 Å². The number of amides is 1. The highest BCUT2D eigenvalue weighted by molar-refractivity contribution is 5.78. The maximum atomic E-state index is 12.8. The highest BCUT2D eigenvalue weighted by atomic mass is 19.1. The predicted molar refractivity (Wildman–Crippen MR) is 68.6 cm³/mol. The molecule has 1 saturated carbocycles. The largest absolute Gasteiger partial charge is 0.342 e. The summed E-state index contributed by atoms with van der Waals surface area (Å²) in [6.07, 6.45) is 2.24. The van der Waals surface area contributed by atoms with E-state index in [0.29, 0.717) is 12.6 Å². The number of hydrogen-bond acceptors (Lipinski definition) is 2. The van der Waals surface area contributed by atoms with E-state index in [1.165, 1.54) is 12.1 Å². The first kappa shape index (κ1) is 13.0. The molecule has 0 saturated heterocycles. The third kappa shape index (κ3) is 3.29. The van der Waals surface area contributed by atoms with E-state index in [-0.39, 0.29) is 17.8 Å². The van der Waals surface area contributed by atoms with Gasteiger partial charge in [-0.05, 0) is 37.5 Å². The molecule has 0 spiro atoms. The predicted octanol–water partition coefficient (Wildman–Crippen LogP) is 2.10. The second-order valence-electron chi connectivity index (χ2n) is 4.89. The highest BCUT2D eigenvalue weighted by Crippen LogP contribution is 2.25. The fourth-order valence-corrected chi connectivity index (χ4v) is 1.90. The van der Waals surface area contributed by atoms with Crippen molar-refractivity contribution < 1.29 is 9.18 Å². The minimum absolute atomic E-state index is 0.0437. The van der Waals surface area contributed by atoms with Crippen LogP contribution >= 0.6 is 0 Å². The number of carbonyl (C=O) groups excluding carboxylic acids is 1. The van der Waals surface area contributed by atoms with Crippen LogP contribution in [0.1, 0.15) is 31.4 Å². The van der Waals surface area contributed by atoms with Crippen LogP contribution < -0.4 is 5.32 Å². The summed E-state index contributed by atoms with van der Waals surface area (Å²) in [4.78, 5) is 13.6. The van der Waals surface area contributed by atoms with E-state index in [0.717, 1.165) is 18.4 Å². The Morgan fingerprint density at radius 3 is 2.61 bits per heavy atom. The van der Waals surface area contributed by atoms with Gasteiger partial charge in [-0.15, -0.1) is 0 Å². The number of hydrogen-bond donors (Lipinski definition) is 1. The number of nitrogens with one attached hydrogen (secondary N) is 1. The zero-order chi connectivity index (χ0) is 13.1. The molecule has 1 aromatic carbocycles. The lowest BCUT2D eigenvalue weighted by Crippen LogP contribution is -2.37. The molecule has 1 aromatic rings. The fraction of sp³-hybridized carbons (Fsp3) is 0.500. The second-order valence-corrected chi connectivity index (χ2v) is 4.89. The van der Waals surface area contributed by atoms with Crippen LogP contribution in [0.3, 0.4) is 0 Å². The smallest absolute Gasteiger partial charge is 0.236 e. The normalized spacial score (nSPS) is 16.4. The first-order valence-corrected chi connectivity index (χ1v) is 6.32. The Morgan fingerprint density at radius 1 is 1.44 bits per heavy atom. The fourth-order valence-electron chi connectivity index (χ4n) is 1.90. The van der Waals surface area contributed by atoms with E-state index in [9.17, 15) is 9.18 Å². The molecule has 18 heavy (non-hydrogen) atoms. The van der Waals surface area contributed by atoms with Crippen LogP contribution in [-0.2, 0) is 4.79 Å². The lowest BCUT2D eigenvalue weighted by Gasteiger charge is -2.19. The summed E-state index contributed by atoms with van der Waals surface area (Å²) in [6, 6.07) is 6.84. The molecule has 1 atom stereocenters. The summed E-state index contributed by atoms with van der Waals surface area (Å²) < 4.78 is 12.8. The quantitative estimate of drug-likeness (QED) is 0.868. The number of benzene rings is 1. The number of nitrogens with zero attached hydrogens (tertiary/aromatic N) is 1. The van der Waals surface area contributed by atoms with Gasteiger partial charge in [0.2, 0.25) is 5.91 Å². The van der Waals surface area contributed by atoms with Gasteiger partial charge in [-0.1, -0.05) is 12.1 Å². The summed E-state index contributed by atoms with van der Waals surface area (Å²) in [5.74, 6) is -0.123. The average molecular weight is 250 g/mol. The molecule has 0 aliphatic heterocycles. The van der Waals surface area contributed by atoms with Crippen molar-refractivity contribution in [2.24, 2.45) is 0 Å². The molecule has 1 amide bonds. The van der Waals surface area contributed by atoms with Crippen LogP contribution in [-0.4, -0.2) is 30.4 Å². The van der Waals surface area contributed by atoms with Crippen molar-refractivity contribution in [2.45, 2.75) is 31.8 Å². The molecule has 1 fully saturated rings. The van der Waals surface area contributed by atoms with Crippen molar-refractivity contribution in [3.8, 4) is 0 Å². The highest BCUT2D eigenvalue weighted by Gasteiger charge is 2.29. The molecule has 1 N–H and O–H groups in total. The standard InChI is InChI=1S/C14H19FN2O/c1-10(11-3-5-12(15)6-4-11)16-9-14(18)17(2)13-7-8-13/h3-6,10,13,16H,7-9H2,1-2H3/t10-/m0/s1. The number of halogens is 1. The topological polar surface area (TPSA) is 32.3 Å². The van der Waals surface area contributed by atoms with Crippen LogP contribution in [0.4, 0.5) is 4.39 Å². The van der Waals surface area contributed by atoms with Gasteiger partial charge in [0.1, 0.15) is 5.82 Å². The van der Waals surface area contributed by atoms with Crippen molar-refractivity contribution in [2.75, 3.05) is 13.6 Å². The Bertz CT molecular complexity index is 414. The van der Waals surface area contributed by atoms with Crippen LogP contribution in [0, 0.1) is 5.82 Å². The van der Waals surface area contributed by atoms with E-state index in [4.69, 9.17) is 0 Å². The molecule has 0 heterocycles. The molecular formula is C14H19FN2O. The molecule has 3 nitrogen and oxygen atoms in total. The molecule has 98 valence electrons. The van der Waals surface area contributed by atoms with Crippen molar-refractivity contribution in [1.82, 2.24) is 10.2 Å². The summed E-state index contributed by atoms with van der Waals surface area (Å²) >= 11 is 0. The number of carbonyl (C=O) groups is 1. The molecule has 4 heteroatoms. The maximum Gasteiger partial charge on any atom is 0.236 e. The van der Waals surface area contributed by atoms with Gasteiger partial charge < -0.3 is 10.2 Å². The first-order valence-electron chi connectivity index (χ1n) is 6.32. The molecule has 1 aliphatic rings. The summed E-state index contributed by atoms with van der Waals surface area (Å²) in [5.41, 5.74) is 0.985. The second kappa shape index (κ2) is 5.48. The minimum atomic E-state index is -0.240. The zero-order valence-electron chi connectivity index (χ0n) is 10.8. The Balaban J connectivity index is 1.82. The third-order valence-electron chi connectivity index (χ3n) is 3.42. The van der Waals surface area contributed by atoms with Crippen molar-refractivity contribution in [3.05, 3.63) is 35.6 Å². The van der Waals surface area contributed by atoms with Crippen molar-refractivity contribution in [3.63, 3.8) is 0 Å². The summed E-state index contributed by atoms with van der Waals surface area (Å²) in [6.45, 7) is 2.29. The maximum absolute atomic E-state index is 12.8. The van der Waals surface area contributed by atoms with Gasteiger partial charge in [0, 0.05) is 19.1 Å². The van der Waals surface area contributed by atoms with Crippen LogP contribution in [0.25, 0.3) is 0 Å². The van der Waals surface area contributed by atoms with Crippen LogP contribution in [0.2, 0.25) is 0 Å². The van der Waals surface area contributed by atoms with E-state index < -0.39 is 0 Å². The third-order valence-corrected chi connectivity index (χ3v) is 3.42. The van der Waals surface area contributed by atoms with Crippen molar-refractivity contribution in [1.29, 1.82) is 0 Å². The van der Waals surface area contributed by atoms with Gasteiger partial charge in [0.25, 0.3) is 0 Å². The summed E-state index contributed by atoms with van der Waals surface area (Å²) in [7, 11) is 1.85. The van der Waals surface area contributed by atoms with Gasteiger partial charge in [-0.3, -0.25) is 4.79 Å². The van der Waals surface area contributed by atoms with Crippen LogP contribution in [0.5, 0.6) is 0 Å². The van der Waals surface area contributed by atoms with Crippen LogP contribution in [0.15, 0.2) is 24.3 Å². The monoisotopic (exact) mass is 250 g/mol. The molecule has 2 rings (SSSR count). The Hall–Kier alpha value is -1.42. The summed E-state index contributed by atoms with van der Waals surface area (Å²) in [5, 5.41) is 3.17. The lowest BCUT2D eigenvalue weighted by molar-refractivity contribution is -0.129. The molecular weight excluding hydrogens is 231 g/mol. The number of rotatable bonds is 5. The van der Waals surface area contributed by atoms with E-state index in [2.05, 4.69) is 5.32 Å². The number of likely N-dealkylation sites (N-methyl/N-ethyl adjacent to an activating group) is 1. The Kier molecular flexibility index (Phi) is 3.97. The SMILES string of the molecule is C[C@H](NCC(=O)N(C)C1CC1)c1ccc(F)cc1. The minimum Gasteiger partial charge on any atom is -0.342 e. The van der Waals surface area contributed by atoms with Gasteiger partial charge in [0.05, 0.1) is 6.54 Å². The molecule has 1 aliphatic carbocycles. The molecule has 0 bridgehead atoms.